The second-order valence-electron chi connectivity index (χ2n) is 8.53. The van der Waals surface area contributed by atoms with Gasteiger partial charge in [0.2, 0.25) is 11.8 Å². The van der Waals surface area contributed by atoms with E-state index in [2.05, 4.69) is 35.3 Å². The minimum Gasteiger partial charge on any atom is -0.354 e. The molecule has 5 heteroatoms. The summed E-state index contributed by atoms with van der Waals surface area (Å²) in [7, 11) is 0. The second kappa shape index (κ2) is 7.63. The number of amides is 2. The summed E-state index contributed by atoms with van der Waals surface area (Å²) in [5.41, 5.74) is 1.61. The average Bonchev–Trinajstić information content (AvgIpc) is 3.22. The Labute approximate surface area is 162 Å². The number of aryl methyl sites for hydroxylation is 1. The van der Waals surface area contributed by atoms with Crippen molar-refractivity contribution in [1.82, 2.24) is 15.1 Å². The van der Waals surface area contributed by atoms with E-state index in [1.807, 2.05) is 11.0 Å². The summed E-state index contributed by atoms with van der Waals surface area (Å²) in [5, 5.41) is 3.22. The first-order valence-electron chi connectivity index (χ1n) is 10.5. The van der Waals surface area contributed by atoms with Crippen molar-refractivity contribution < 1.29 is 9.59 Å². The molecule has 2 atom stereocenters. The fourth-order valence-corrected chi connectivity index (χ4v) is 5.11. The summed E-state index contributed by atoms with van der Waals surface area (Å²) in [4.78, 5) is 30.1. The van der Waals surface area contributed by atoms with Crippen LogP contribution in [-0.4, -0.2) is 60.4 Å². The molecule has 3 fully saturated rings. The van der Waals surface area contributed by atoms with Crippen molar-refractivity contribution in [2.75, 3.05) is 32.7 Å². The normalized spacial score (nSPS) is 28.4. The number of benzene rings is 1. The Morgan fingerprint density at radius 2 is 2.07 bits per heavy atom. The molecular weight excluding hydrogens is 338 g/mol. The number of carbonyl (C=O) groups excluding carboxylic acids is 2. The van der Waals surface area contributed by atoms with Crippen molar-refractivity contribution in [1.29, 1.82) is 0 Å². The van der Waals surface area contributed by atoms with Gasteiger partial charge in [-0.1, -0.05) is 36.2 Å². The Morgan fingerprint density at radius 1 is 1.26 bits per heavy atom. The molecule has 5 nitrogen and oxygen atoms in total. The molecule has 1 aromatic rings. The van der Waals surface area contributed by atoms with Crippen LogP contribution in [0.15, 0.2) is 24.3 Å². The molecular formula is C22H31N3O2. The first-order chi connectivity index (χ1) is 13.1. The third-order valence-electron chi connectivity index (χ3n) is 6.64. The summed E-state index contributed by atoms with van der Waals surface area (Å²) >= 11 is 0. The molecule has 3 heterocycles. The van der Waals surface area contributed by atoms with Crippen molar-refractivity contribution in [3.63, 3.8) is 0 Å². The number of rotatable bonds is 5. The van der Waals surface area contributed by atoms with E-state index in [1.54, 1.807) is 0 Å². The molecule has 0 aliphatic carbocycles. The number of likely N-dealkylation sites (tertiary alicyclic amines) is 1. The topological polar surface area (TPSA) is 52.7 Å². The average molecular weight is 370 g/mol. The van der Waals surface area contributed by atoms with Gasteiger partial charge in [-0.2, -0.15) is 0 Å². The van der Waals surface area contributed by atoms with Crippen molar-refractivity contribution in [2.45, 2.75) is 56.9 Å². The van der Waals surface area contributed by atoms with Crippen LogP contribution in [0.3, 0.4) is 0 Å². The minimum absolute atomic E-state index is 0.0901. The van der Waals surface area contributed by atoms with Gasteiger partial charge in [0.15, 0.2) is 0 Å². The van der Waals surface area contributed by atoms with E-state index < -0.39 is 5.41 Å². The smallest absolute Gasteiger partial charge is 0.232 e. The molecule has 4 rings (SSSR count). The zero-order valence-corrected chi connectivity index (χ0v) is 16.4. The molecule has 0 radical (unpaired) electrons. The zero-order chi connectivity index (χ0) is 18.9. The Bertz CT molecular complexity index is 713. The summed E-state index contributed by atoms with van der Waals surface area (Å²) in [6, 6.07) is 8.48. The maximum Gasteiger partial charge on any atom is 0.232 e. The fraction of sp³-hybridized carbons (Fsp3) is 0.636. The van der Waals surface area contributed by atoms with Gasteiger partial charge in [0.05, 0.1) is 5.41 Å². The van der Waals surface area contributed by atoms with Gasteiger partial charge < -0.3 is 15.1 Å². The van der Waals surface area contributed by atoms with Crippen LogP contribution in [0.5, 0.6) is 0 Å². The molecule has 3 saturated heterocycles. The van der Waals surface area contributed by atoms with E-state index >= 15 is 0 Å². The third kappa shape index (κ3) is 3.62. The summed E-state index contributed by atoms with van der Waals surface area (Å²) in [6.07, 6.45) is 6.11. The highest BCUT2D eigenvalue weighted by Crippen LogP contribution is 2.43. The number of nitrogens with zero attached hydrogens (tertiary/aromatic N) is 2. The highest BCUT2D eigenvalue weighted by atomic mass is 16.2. The Hall–Kier alpha value is -1.88. The van der Waals surface area contributed by atoms with Crippen LogP contribution in [0, 0.1) is 6.92 Å². The number of nitrogens with one attached hydrogen (secondary N) is 1. The Morgan fingerprint density at radius 3 is 2.81 bits per heavy atom. The summed E-state index contributed by atoms with van der Waals surface area (Å²) in [5.74, 6) is 0.294. The molecule has 2 unspecified atom stereocenters. The SMILES string of the molecule is Cc1cccc(C2(C(=O)NCCN3CCCCC3)CC3CCC(=O)N3C2)c1. The largest absolute Gasteiger partial charge is 0.354 e. The van der Waals surface area contributed by atoms with Crippen LogP contribution >= 0.6 is 0 Å². The van der Waals surface area contributed by atoms with Crippen LogP contribution in [0.1, 0.15) is 49.7 Å². The van der Waals surface area contributed by atoms with E-state index in [0.29, 0.717) is 19.5 Å². The molecule has 0 aromatic heterocycles. The van der Waals surface area contributed by atoms with Crippen LogP contribution in [0.4, 0.5) is 0 Å². The number of hydrogen-bond acceptors (Lipinski definition) is 3. The van der Waals surface area contributed by atoms with Gasteiger partial charge in [0.25, 0.3) is 0 Å². The lowest BCUT2D eigenvalue weighted by Gasteiger charge is -2.31. The minimum atomic E-state index is -0.603. The van der Waals surface area contributed by atoms with E-state index in [-0.39, 0.29) is 17.9 Å². The van der Waals surface area contributed by atoms with Gasteiger partial charge in [-0.05, 0) is 51.3 Å². The van der Waals surface area contributed by atoms with Crippen molar-refractivity contribution in [3.8, 4) is 0 Å². The lowest BCUT2D eigenvalue weighted by atomic mass is 9.76. The van der Waals surface area contributed by atoms with E-state index in [0.717, 1.165) is 43.6 Å². The van der Waals surface area contributed by atoms with Gasteiger partial charge in [0, 0.05) is 32.1 Å². The maximum absolute atomic E-state index is 13.4. The summed E-state index contributed by atoms with van der Waals surface area (Å²) in [6.45, 7) is 6.47. The quantitative estimate of drug-likeness (QED) is 0.866. The van der Waals surface area contributed by atoms with Gasteiger partial charge in [-0.15, -0.1) is 0 Å². The highest BCUT2D eigenvalue weighted by molar-refractivity contribution is 5.91. The zero-order valence-electron chi connectivity index (χ0n) is 16.4. The van der Waals surface area contributed by atoms with Crippen LogP contribution in [-0.2, 0) is 15.0 Å². The highest BCUT2D eigenvalue weighted by Gasteiger charge is 2.53. The molecule has 0 spiro atoms. The van der Waals surface area contributed by atoms with E-state index in [4.69, 9.17) is 0 Å². The van der Waals surface area contributed by atoms with E-state index in [1.165, 1.54) is 19.3 Å². The number of fused-ring (bicyclic) bond motifs is 1. The second-order valence-corrected chi connectivity index (χ2v) is 8.53. The van der Waals surface area contributed by atoms with Crippen LogP contribution in [0.2, 0.25) is 0 Å². The molecule has 146 valence electrons. The Kier molecular flexibility index (Phi) is 5.22. The molecule has 0 bridgehead atoms. The number of piperidine rings is 1. The van der Waals surface area contributed by atoms with Crippen LogP contribution < -0.4 is 5.32 Å². The fourth-order valence-electron chi connectivity index (χ4n) is 5.11. The van der Waals surface area contributed by atoms with Crippen LogP contribution in [0.25, 0.3) is 0 Å². The van der Waals surface area contributed by atoms with Gasteiger partial charge in [0.1, 0.15) is 0 Å². The molecule has 2 amide bonds. The third-order valence-corrected chi connectivity index (χ3v) is 6.64. The molecule has 0 saturated carbocycles. The number of hydrogen-bond donors (Lipinski definition) is 1. The molecule has 3 aliphatic rings. The first kappa shape index (κ1) is 18.5. The van der Waals surface area contributed by atoms with Crippen molar-refractivity contribution in [2.24, 2.45) is 0 Å². The van der Waals surface area contributed by atoms with Crippen molar-refractivity contribution in [3.05, 3.63) is 35.4 Å². The van der Waals surface area contributed by atoms with Crippen molar-refractivity contribution >= 4 is 11.8 Å². The van der Waals surface area contributed by atoms with E-state index in [9.17, 15) is 9.59 Å². The predicted octanol–water partition coefficient (Wildman–Crippen LogP) is 2.23. The standard InChI is InChI=1S/C22H31N3O2/c1-17-6-5-7-18(14-17)22(15-19-8-9-20(26)25(19)16-22)21(27)23-10-13-24-11-3-2-4-12-24/h5-7,14,19H,2-4,8-13,15-16H2,1H3,(H,23,27). The van der Waals surface area contributed by atoms with Gasteiger partial charge in [-0.25, -0.2) is 0 Å². The molecule has 1 aromatic carbocycles. The molecule has 1 N–H and O–H groups in total. The monoisotopic (exact) mass is 369 g/mol. The predicted molar refractivity (Wildman–Crippen MR) is 106 cm³/mol. The lowest BCUT2D eigenvalue weighted by molar-refractivity contribution is -0.129. The Balaban J connectivity index is 1.50. The molecule has 27 heavy (non-hydrogen) atoms. The molecule has 3 aliphatic heterocycles. The first-order valence-corrected chi connectivity index (χ1v) is 10.5. The number of carbonyl (C=O) groups is 2. The lowest BCUT2D eigenvalue weighted by Crippen LogP contribution is -2.49. The summed E-state index contributed by atoms with van der Waals surface area (Å²) < 4.78 is 0. The van der Waals surface area contributed by atoms with Gasteiger partial charge in [-0.3, -0.25) is 9.59 Å². The van der Waals surface area contributed by atoms with Gasteiger partial charge >= 0.3 is 0 Å². The maximum atomic E-state index is 13.4.